The summed E-state index contributed by atoms with van der Waals surface area (Å²) in [4.78, 5) is 25.3. The van der Waals surface area contributed by atoms with E-state index in [0.717, 1.165) is 40.2 Å². The normalized spacial score (nSPS) is 14.6. The van der Waals surface area contributed by atoms with E-state index in [-0.39, 0.29) is 23.0 Å². The van der Waals surface area contributed by atoms with Crippen molar-refractivity contribution < 1.29 is 9.59 Å². The van der Waals surface area contributed by atoms with Crippen LogP contribution in [0.3, 0.4) is 0 Å². The lowest BCUT2D eigenvalue weighted by molar-refractivity contribution is -0.117. The quantitative estimate of drug-likeness (QED) is 0.722. The Kier molecular flexibility index (Phi) is 5.67. The molecule has 5 heteroatoms. The lowest BCUT2D eigenvalue weighted by Crippen LogP contribution is -2.22. The van der Waals surface area contributed by atoms with Gasteiger partial charge in [0, 0.05) is 22.2 Å². The Bertz CT molecular complexity index is 813. The first-order valence-corrected chi connectivity index (χ1v) is 9.76. The van der Waals surface area contributed by atoms with Crippen LogP contribution in [0.5, 0.6) is 0 Å². The summed E-state index contributed by atoms with van der Waals surface area (Å²) in [5, 5.41) is 5.71. The highest BCUT2D eigenvalue weighted by molar-refractivity contribution is 8.00. The lowest BCUT2D eigenvalue weighted by Gasteiger charge is -2.14. The van der Waals surface area contributed by atoms with Crippen LogP contribution in [-0.4, -0.2) is 17.1 Å². The van der Waals surface area contributed by atoms with Gasteiger partial charge in [0.1, 0.15) is 0 Å². The molecule has 2 aromatic rings. The topological polar surface area (TPSA) is 58.2 Å². The number of anilines is 2. The molecule has 2 N–H and O–H groups in total. The van der Waals surface area contributed by atoms with E-state index < -0.39 is 0 Å². The predicted molar refractivity (Wildman–Crippen MR) is 108 cm³/mol. The van der Waals surface area contributed by atoms with Crippen LogP contribution in [0.2, 0.25) is 0 Å². The molecule has 1 atom stereocenters. The zero-order chi connectivity index (χ0) is 18.7. The Morgan fingerprint density at radius 2 is 1.73 bits per heavy atom. The minimum atomic E-state index is -0.221. The SMILES string of the molecule is Cc1ccc(C)c(NC(=O)C(C)Sc2ccc(NC(=O)C3CC3)cc2)c1. The zero-order valence-electron chi connectivity index (χ0n) is 15.3. The number of nitrogens with one attached hydrogen (secondary N) is 2. The average Bonchev–Trinajstić information content (AvgIpc) is 3.45. The molecule has 3 rings (SSSR count). The van der Waals surface area contributed by atoms with Crippen LogP contribution in [0.4, 0.5) is 11.4 Å². The van der Waals surface area contributed by atoms with Crippen molar-refractivity contribution in [3.8, 4) is 0 Å². The highest BCUT2D eigenvalue weighted by Gasteiger charge is 2.29. The van der Waals surface area contributed by atoms with Crippen molar-refractivity contribution in [1.29, 1.82) is 0 Å². The molecule has 2 amide bonds. The van der Waals surface area contributed by atoms with Gasteiger partial charge in [0.05, 0.1) is 5.25 Å². The summed E-state index contributed by atoms with van der Waals surface area (Å²) < 4.78 is 0. The van der Waals surface area contributed by atoms with Gasteiger partial charge in [-0.3, -0.25) is 9.59 Å². The van der Waals surface area contributed by atoms with E-state index in [1.807, 2.05) is 63.2 Å². The van der Waals surface area contributed by atoms with Gasteiger partial charge in [-0.1, -0.05) is 12.1 Å². The van der Waals surface area contributed by atoms with E-state index in [2.05, 4.69) is 10.6 Å². The number of benzene rings is 2. The van der Waals surface area contributed by atoms with E-state index in [9.17, 15) is 9.59 Å². The molecule has 1 saturated carbocycles. The smallest absolute Gasteiger partial charge is 0.237 e. The standard InChI is InChI=1S/C21H24N2O2S/c1-13-4-5-14(2)19(12-13)23-20(24)15(3)26-18-10-8-17(9-11-18)22-21(25)16-6-7-16/h4-5,8-12,15-16H,6-7H2,1-3H3,(H,22,25)(H,23,24). The lowest BCUT2D eigenvalue weighted by atomic mass is 10.1. The Labute approximate surface area is 158 Å². The third-order valence-electron chi connectivity index (χ3n) is 4.40. The molecule has 0 radical (unpaired) electrons. The van der Waals surface area contributed by atoms with Crippen LogP contribution in [-0.2, 0) is 9.59 Å². The van der Waals surface area contributed by atoms with Gasteiger partial charge in [0.25, 0.3) is 0 Å². The fraction of sp³-hybridized carbons (Fsp3) is 0.333. The van der Waals surface area contributed by atoms with E-state index in [0.29, 0.717) is 0 Å². The maximum atomic E-state index is 12.5. The molecule has 4 nitrogen and oxygen atoms in total. The van der Waals surface area contributed by atoms with Crippen LogP contribution in [0.15, 0.2) is 47.4 Å². The minimum absolute atomic E-state index is 0.0187. The molecule has 2 aromatic carbocycles. The molecule has 0 saturated heterocycles. The highest BCUT2D eigenvalue weighted by atomic mass is 32.2. The van der Waals surface area contributed by atoms with Crippen molar-refractivity contribution in [3.05, 3.63) is 53.6 Å². The van der Waals surface area contributed by atoms with Crippen molar-refractivity contribution in [2.45, 2.75) is 43.8 Å². The van der Waals surface area contributed by atoms with Gasteiger partial charge < -0.3 is 10.6 Å². The number of carbonyl (C=O) groups excluding carboxylic acids is 2. The van der Waals surface area contributed by atoms with Crippen molar-refractivity contribution in [1.82, 2.24) is 0 Å². The molecule has 0 aliphatic heterocycles. The Hall–Kier alpha value is -2.27. The van der Waals surface area contributed by atoms with Crippen molar-refractivity contribution >= 4 is 35.0 Å². The highest BCUT2D eigenvalue weighted by Crippen LogP contribution is 2.31. The molecule has 26 heavy (non-hydrogen) atoms. The zero-order valence-corrected chi connectivity index (χ0v) is 16.2. The van der Waals surface area contributed by atoms with Gasteiger partial charge in [-0.15, -0.1) is 11.8 Å². The second kappa shape index (κ2) is 7.96. The second-order valence-electron chi connectivity index (χ2n) is 6.86. The fourth-order valence-corrected chi connectivity index (χ4v) is 3.44. The maximum absolute atomic E-state index is 12.5. The average molecular weight is 369 g/mol. The predicted octanol–water partition coefficient (Wildman–Crippen LogP) is 4.77. The first-order valence-electron chi connectivity index (χ1n) is 8.88. The number of carbonyl (C=O) groups is 2. The number of aryl methyl sites for hydroxylation is 2. The summed E-state index contributed by atoms with van der Waals surface area (Å²) in [5.41, 5.74) is 3.84. The largest absolute Gasteiger partial charge is 0.326 e. The van der Waals surface area contributed by atoms with Gasteiger partial charge in [-0.2, -0.15) is 0 Å². The monoisotopic (exact) mass is 368 g/mol. The molecular weight excluding hydrogens is 344 g/mol. The van der Waals surface area contributed by atoms with Gasteiger partial charge in [0.15, 0.2) is 0 Å². The summed E-state index contributed by atoms with van der Waals surface area (Å²) in [6.07, 6.45) is 1.99. The number of thioether (sulfide) groups is 1. The van der Waals surface area contributed by atoms with Gasteiger partial charge in [-0.05, 0) is 75.1 Å². The molecule has 0 aromatic heterocycles. The summed E-state index contributed by atoms with van der Waals surface area (Å²) in [7, 11) is 0. The molecule has 1 aliphatic carbocycles. The molecule has 0 heterocycles. The van der Waals surface area contributed by atoms with Crippen molar-refractivity contribution in [3.63, 3.8) is 0 Å². The van der Waals surface area contributed by atoms with Gasteiger partial charge in [-0.25, -0.2) is 0 Å². The minimum Gasteiger partial charge on any atom is -0.326 e. The van der Waals surface area contributed by atoms with Gasteiger partial charge >= 0.3 is 0 Å². The molecule has 1 aliphatic rings. The van der Waals surface area contributed by atoms with E-state index in [4.69, 9.17) is 0 Å². The van der Waals surface area contributed by atoms with Crippen LogP contribution < -0.4 is 10.6 Å². The summed E-state index contributed by atoms with van der Waals surface area (Å²) in [5.74, 6) is 0.277. The van der Waals surface area contributed by atoms with Crippen molar-refractivity contribution in [2.24, 2.45) is 5.92 Å². The summed E-state index contributed by atoms with van der Waals surface area (Å²) in [6.45, 7) is 5.90. The Balaban J connectivity index is 1.56. The second-order valence-corrected chi connectivity index (χ2v) is 8.27. The number of hydrogen-bond donors (Lipinski definition) is 2. The first kappa shape index (κ1) is 18.5. The van der Waals surface area contributed by atoms with Crippen molar-refractivity contribution in [2.75, 3.05) is 10.6 Å². The Morgan fingerprint density at radius 1 is 1.04 bits per heavy atom. The van der Waals surface area contributed by atoms with Crippen LogP contribution >= 0.6 is 11.8 Å². The van der Waals surface area contributed by atoms with E-state index in [1.165, 1.54) is 11.8 Å². The number of hydrogen-bond acceptors (Lipinski definition) is 3. The molecule has 0 bridgehead atoms. The molecule has 136 valence electrons. The molecule has 1 fully saturated rings. The maximum Gasteiger partial charge on any atom is 0.237 e. The van der Waals surface area contributed by atoms with Crippen LogP contribution in [0, 0.1) is 19.8 Å². The summed E-state index contributed by atoms with van der Waals surface area (Å²) in [6, 6.07) is 13.7. The third kappa shape index (κ3) is 4.88. The van der Waals surface area contributed by atoms with Crippen LogP contribution in [0.25, 0.3) is 0 Å². The molecule has 1 unspecified atom stereocenters. The van der Waals surface area contributed by atoms with E-state index >= 15 is 0 Å². The first-order chi connectivity index (χ1) is 12.4. The van der Waals surface area contributed by atoms with E-state index in [1.54, 1.807) is 0 Å². The fourth-order valence-electron chi connectivity index (χ4n) is 2.57. The molecular formula is C21H24N2O2S. The molecule has 0 spiro atoms. The Morgan fingerprint density at radius 3 is 2.38 bits per heavy atom. The summed E-state index contributed by atoms with van der Waals surface area (Å²) >= 11 is 1.50. The number of amides is 2. The third-order valence-corrected chi connectivity index (χ3v) is 5.51. The number of rotatable bonds is 6. The van der Waals surface area contributed by atoms with Crippen LogP contribution in [0.1, 0.15) is 30.9 Å². The van der Waals surface area contributed by atoms with Gasteiger partial charge in [0.2, 0.25) is 11.8 Å².